The van der Waals surface area contributed by atoms with Crippen LogP contribution in [0.5, 0.6) is 11.5 Å². The number of phenolic OH excluding ortho intramolecular Hbond substituents is 1. The molecule has 7 heteroatoms. The van der Waals surface area contributed by atoms with Crippen molar-refractivity contribution in [3.63, 3.8) is 0 Å². The maximum Gasteiger partial charge on any atom is 0.272 e. The molecule has 1 aromatic heterocycles. The summed E-state index contributed by atoms with van der Waals surface area (Å²) in [5, 5.41) is 22.4. The summed E-state index contributed by atoms with van der Waals surface area (Å²) in [4.78, 5) is 15.8. The van der Waals surface area contributed by atoms with Gasteiger partial charge in [-0.05, 0) is 42.8 Å². The Hall–Kier alpha value is -2.93. The SMILES string of the molecule is CCOc1cc(/C=N/NC(=O)c2ccc(CO)nc2)ccc1O. The zero-order valence-corrected chi connectivity index (χ0v) is 12.6. The van der Waals surface area contributed by atoms with E-state index in [1.54, 1.807) is 24.3 Å². The second kappa shape index (κ2) is 7.90. The van der Waals surface area contributed by atoms with Crippen LogP contribution in [0.2, 0.25) is 0 Å². The Morgan fingerprint density at radius 2 is 2.22 bits per heavy atom. The van der Waals surface area contributed by atoms with Gasteiger partial charge in [-0.25, -0.2) is 5.43 Å². The van der Waals surface area contributed by atoms with E-state index in [1.807, 2.05) is 6.92 Å². The van der Waals surface area contributed by atoms with Crippen LogP contribution in [0.1, 0.15) is 28.5 Å². The maximum absolute atomic E-state index is 11.9. The fraction of sp³-hybridized carbons (Fsp3) is 0.188. The number of carbonyl (C=O) groups is 1. The van der Waals surface area contributed by atoms with Gasteiger partial charge in [0.25, 0.3) is 5.91 Å². The van der Waals surface area contributed by atoms with Crippen molar-refractivity contribution in [1.29, 1.82) is 0 Å². The third-order valence-electron chi connectivity index (χ3n) is 2.91. The van der Waals surface area contributed by atoms with Gasteiger partial charge < -0.3 is 14.9 Å². The molecule has 0 aliphatic heterocycles. The highest BCUT2D eigenvalue weighted by atomic mass is 16.5. The molecule has 2 aromatic rings. The molecule has 0 saturated carbocycles. The highest BCUT2D eigenvalue weighted by molar-refractivity contribution is 5.94. The molecule has 1 amide bonds. The molecule has 0 unspecified atom stereocenters. The van der Waals surface area contributed by atoms with Crippen molar-refractivity contribution in [3.05, 3.63) is 53.3 Å². The number of hydrazone groups is 1. The number of aliphatic hydroxyl groups excluding tert-OH is 1. The normalized spacial score (nSPS) is 10.7. The van der Waals surface area contributed by atoms with Gasteiger partial charge in [-0.1, -0.05) is 0 Å². The van der Waals surface area contributed by atoms with Crippen LogP contribution in [-0.2, 0) is 6.61 Å². The van der Waals surface area contributed by atoms with Gasteiger partial charge in [0.2, 0.25) is 0 Å². The Morgan fingerprint density at radius 3 is 2.87 bits per heavy atom. The summed E-state index contributed by atoms with van der Waals surface area (Å²) in [6.45, 7) is 2.07. The molecule has 0 atom stereocenters. The molecule has 0 aliphatic rings. The molecule has 0 aliphatic carbocycles. The molecule has 0 saturated heterocycles. The Balaban J connectivity index is 2.00. The first kappa shape index (κ1) is 16.4. The molecule has 0 radical (unpaired) electrons. The maximum atomic E-state index is 11.9. The van der Waals surface area contributed by atoms with Crippen molar-refractivity contribution in [2.24, 2.45) is 5.10 Å². The van der Waals surface area contributed by atoms with E-state index in [0.717, 1.165) is 0 Å². The van der Waals surface area contributed by atoms with Crippen molar-refractivity contribution in [1.82, 2.24) is 10.4 Å². The van der Waals surface area contributed by atoms with E-state index in [0.29, 0.717) is 29.2 Å². The number of nitrogens with one attached hydrogen (secondary N) is 1. The number of hydrogen-bond acceptors (Lipinski definition) is 6. The van der Waals surface area contributed by atoms with E-state index in [4.69, 9.17) is 9.84 Å². The number of aromatic hydroxyl groups is 1. The van der Waals surface area contributed by atoms with E-state index in [9.17, 15) is 9.90 Å². The van der Waals surface area contributed by atoms with Gasteiger partial charge in [-0.2, -0.15) is 5.10 Å². The van der Waals surface area contributed by atoms with E-state index >= 15 is 0 Å². The molecule has 7 nitrogen and oxygen atoms in total. The Kier molecular flexibility index (Phi) is 5.65. The van der Waals surface area contributed by atoms with Crippen LogP contribution in [-0.4, -0.2) is 33.9 Å². The van der Waals surface area contributed by atoms with Crippen molar-refractivity contribution < 1.29 is 19.7 Å². The second-order valence-corrected chi connectivity index (χ2v) is 4.56. The Bertz CT molecular complexity index is 699. The minimum atomic E-state index is -0.415. The summed E-state index contributed by atoms with van der Waals surface area (Å²) >= 11 is 0. The van der Waals surface area contributed by atoms with Crippen LogP contribution in [0.25, 0.3) is 0 Å². The van der Waals surface area contributed by atoms with Gasteiger partial charge in [-0.3, -0.25) is 9.78 Å². The van der Waals surface area contributed by atoms with Crippen LogP contribution in [0.4, 0.5) is 0 Å². The summed E-state index contributed by atoms with van der Waals surface area (Å²) < 4.78 is 5.27. The standard InChI is InChI=1S/C16H17N3O4/c1-2-23-15-7-11(3-6-14(15)21)8-18-19-16(22)12-4-5-13(10-20)17-9-12/h3-9,20-21H,2,10H2,1H3,(H,19,22)/b18-8+. The fourth-order valence-electron chi connectivity index (χ4n) is 1.76. The molecule has 2 rings (SSSR count). The minimum absolute atomic E-state index is 0.0445. The molecular formula is C16H17N3O4. The molecular weight excluding hydrogens is 298 g/mol. The number of amides is 1. The van der Waals surface area contributed by atoms with Gasteiger partial charge in [0.05, 0.1) is 30.7 Å². The topological polar surface area (TPSA) is 104 Å². The lowest BCUT2D eigenvalue weighted by Gasteiger charge is -2.06. The molecule has 3 N–H and O–H groups in total. The van der Waals surface area contributed by atoms with Gasteiger partial charge in [-0.15, -0.1) is 0 Å². The smallest absolute Gasteiger partial charge is 0.272 e. The largest absolute Gasteiger partial charge is 0.504 e. The number of carbonyl (C=O) groups excluding carboxylic acids is 1. The number of aromatic nitrogens is 1. The first-order valence-corrected chi connectivity index (χ1v) is 6.99. The zero-order valence-electron chi connectivity index (χ0n) is 12.6. The third-order valence-corrected chi connectivity index (χ3v) is 2.91. The lowest BCUT2D eigenvalue weighted by atomic mass is 10.2. The monoisotopic (exact) mass is 315 g/mol. The number of rotatable bonds is 6. The van der Waals surface area contributed by atoms with Crippen molar-refractivity contribution in [3.8, 4) is 11.5 Å². The van der Waals surface area contributed by atoms with Crippen molar-refractivity contribution in [2.75, 3.05) is 6.61 Å². The Morgan fingerprint density at radius 1 is 1.39 bits per heavy atom. The number of aliphatic hydroxyl groups is 1. The van der Waals surface area contributed by atoms with Gasteiger partial charge in [0.1, 0.15) is 0 Å². The van der Waals surface area contributed by atoms with Crippen LogP contribution in [0.3, 0.4) is 0 Å². The predicted molar refractivity (Wildman–Crippen MR) is 84.5 cm³/mol. The zero-order chi connectivity index (χ0) is 16.7. The average Bonchev–Trinajstić information content (AvgIpc) is 2.58. The molecule has 120 valence electrons. The summed E-state index contributed by atoms with van der Waals surface area (Å²) in [7, 11) is 0. The number of benzene rings is 1. The highest BCUT2D eigenvalue weighted by Crippen LogP contribution is 2.26. The number of pyridine rings is 1. The van der Waals surface area contributed by atoms with Gasteiger partial charge in [0, 0.05) is 6.20 Å². The lowest BCUT2D eigenvalue weighted by molar-refractivity contribution is 0.0954. The number of ether oxygens (including phenoxy) is 1. The van der Waals surface area contributed by atoms with Crippen molar-refractivity contribution >= 4 is 12.1 Å². The molecule has 0 fully saturated rings. The number of phenols is 1. The summed E-state index contributed by atoms with van der Waals surface area (Å²) in [5.74, 6) is -0.0169. The van der Waals surface area contributed by atoms with E-state index in [2.05, 4.69) is 15.5 Å². The van der Waals surface area contributed by atoms with E-state index in [-0.39, 0.29) is 12.4 Å². The van der Waals surface area contributed by atoms with Gasteiger partial charge in [0.15, 0.2) is 11.5 Å². The van der Waals surface area contributed by atoms with Crippen LogP contribution >= 0.6 is 0 Å². The minimum Gasteiger partial charge on any atom is -0.504 e. The average molecular weight is 315 g/mol. The summed E-state index contributed by atoms with van der Waals surface area (Å²) in [5.41, 5.74) is 3.86. The quantitative estimate of drug-likeness (QED) is 0.553. The molecule has 1 aromatic carbocycles. The highest BCUT2D eigenvalue weighted by Gasteiger charge is 2.05. The summed E-state index contributed by atoms with van der Waals surface area (Å²) in [6.07, 6.45) is 2.81. The lowest BCUT2D eigenvalue weighted by Crippen LogP contribution is -2.17. The second-order valence-electron chi connectivity index (χ2n) is 4.56. The molecule has 0 bridgehead atoms. The van der Waals surface area contributed by atoms with Crippen LogP contribution in [0.15, 0.2) is 41.6 Å². The fourth-order valence-corrected chi connectivity index (χ4v) is 1.76. The molecule has 0 spiro atoms. The molecule has 1 heterocycles. The number of hydrogen-bond donors (Lipinski definition) is 3. The Labute approximate surface area is 133 Å². The van der Waals surface area contributed by atoms with Gasteiger partial charge >= 0.3 is 0 Å². The first-order chi connectivity index (χ1) is 11.1. The van der Waals surface area contributed by atoms with Crippen molar-refractivity contribution in [2.45, 2.75) is 13.5 Å². The van der Waals surface area contributed by atoms with E-state index in [1.165, 1.54) is 18.5 Å². The first-order valence-electron chi connectivity index (χ1n) is 6.99. The third kappa shape index (κ3) is 4.52. The summed E-state index contributed by atoms with van der Waals surface area (Å²) in [6, 6.07) is 7.87. The predicted octanol–water partition coefficient (Wildman–Crippen LogP) is 1.44. The van der Waals surface area contributed by atoms with E-state index < -0.39 is 5.91 Å². The molecule has 23 heavy (non-hydrogen) atoms. The number of nitrogens with zero attached hydrogens (tertiary/aromatic N) is 2. The van der Waals surface area contributed by atoms with Crippen LogP contribution < -0.4 is 10.2 Å². The van der Waals surface area contributed by atoms with Crippen LogP contribution in [0, 0.1) is 0 Å².